The number of anilines is 1. The Labute approximate surface area is 154 Å². The Morgan fingerprint density at radius 3 is 2.63 bits per heavy atom. The van der Waals surface area contributed by atoms with E-state index in [1.807, 2.05) is 30.3 Å². The van der Waals surface area contributed by atoms with Gasteiger partial charge in [-0.3, -0.25) is 9.59 Å². The van der Waals surface area contributed by atoms with Crippen LogP contribution >= 0.6 is 0 Å². The van der Waals surface area contributed by atoms with Crippen LogP contribution in [0.15, 0.2) is 57.4 Å². The second-order valence-corrected chi connectivity index (χ2v) is 6.25. The maximum absolute atomic E-state index is 12.2. The molecule has 4 rings (SSSR count). The fraction of sp³-hybridized carbons (Fsp3) is 0.150. The molecule has 0 saturated carbocycles. The molecule has 0 unspecified atom stereocenters. The summed E-state index contributed by atoms with van der Waals surface area (Å²) in [6.45, 7) is 3.50. The summed E-state index contributed by atoms with van der Waals surface area (Å²) in [4.78, 5) is 28.6. The molecule has 0 fully saturated rings. The lowest BCUT2D eigenvalue weighted by atomic mass is 10.2. The molecule has 1 atom stereocenters. The first-order chi connectivity index (χ1) is 13.0. The highest BCUT2D eigenvalue weighted by atomic mass is 16.3. The molecule has 2 heterocycles. The minimum absolute atomic E-state index is 0.449. The summed E-state index contributed by atoms with van der Waals surface area (Å²) in [6.07, 6.45) is 0. The Bertz CT molecular complexity index is 1130. The number of furan rings is 1. The molecule has 0 aliphatic heterocycles. The normalized spacial score (nSPS) is 12.2. The van der Waals surface area contributed by atoms with Crippen molar-refractivity contribution in [2.24, 2.45) is 0 Å². The third kappa shape index (κ3) is 3.39. The number of oxazole rings is 1. The molecule has 7 nitrogen and oxygen atoms in total. The maximum Gasteiger partial charge on any atom is 0.313 e. The number of carbonyl (C=O) groups is 2. The predicted octanol–water partition coefficient (Wildman–Crippen LogP) is 3.70. The second-order valence-electron chi connectivity index (χ2n) is 6.25. The molecular weight excluding hydrogens is 346 g/mol. The number of aryl methyl sites for hydroxylation is 1. The number of nitrogens with one attached hydrogen (secondary N) is 2. The number of fused-ring (bicyclic) bond motifs is 2. The van der Waals surface area contributed by atoms with Gasteiger partial charge in [0.05, 0.1) is 6.04 Å². The van der Waals surface area contributed by atoms with Gasteiger partial charge >= 0.3 is 11.8 Å². The maximum atomic E-state index is 12.2. The van der Waals surface area contributed by atoms with Gasteiger partial charge in [0, 0.05) is 24.1 Å². The van der Waals surface area contributed by atoms with Gasteiger partial charge in [-0.2, -0.15) is 0 Å². The van der Waals surface area contributed by atoms with Crippen molar-refractivity contribution in [3.8, 4) is 0 Å². The topological polar surface area (TPSA) is 97.4 Å². The van der Waals surface area contributed by atoms with E-state index in [1.165, 1.54) is 0 Å². The van der Waals surface area contributed by atoms with Gasteiger partial charge in [0.25, 0.3) is 0 Å². The number of hydrogen-bond donors (Lipinski definition) is 2. The van der Waals surface area contributed by atoms with Gasteiger partial charge in [-0.25, -0.2) is 4.98 Å². The number of hydrogen-bond acceptors (Lipinski definition) is 5. The Morgan fingerprint density at radius 1 is 1.00 bits per heavy atom. The molecule has 2 N–H and O–H groups in total. The summed E-state index contributed by atoms with van der Waals surface area (Å²) < 4.78 is 11.1. The zero-order valence-electron chi connectivity index (χ0n) is 14.8. The first-order valence-electron chi connectivity index (χ1n) is 8.47. The van der Waals surface area contributed by atoms with Crippen LogP contribution in [0.25, 0.3) is 22.1 Å². The molecule has 27 heavy (non-hydrogen) atoms. The van der Waals surface area contributed by atoms with E-state index in [1.54, 1.807) is 32.0 Å². The Kier molecular flexibility index (Phi) is 4.12. The van der Waals surface area contributed by atoms with E-state index in [0.717, 1.165) is 11.0 Å². The van der Waals surface area contributed by atoms with Crippen LogP contribution in [0.2, 0.25) is 0 Å². The number of para-hydroxylation sites is 1. The first kappa shape index (κ1) is 16.8. The SMILES string of the molecule is Cc1nc2ccc(NC(=O)C(=O)N[C@H](C)c3cc4ccccc4o3)cc2o1. The number of aromatic nitrogens is 1. The summed E-state index contributed by atoms with van der Waals surface area (Å²) in [5.74, 6) is -0.410. The van der Waals surface area contributed by atoms with Crippen LogP contribution in [0.3, 0.4) is 0 Å². The Balaban J connectivity index is 1.44. The van der Waals surface area contributed by atoms with Crippen molar-refractivity contribution in [2.75, 3.05) is 5.32 Å². The van der Waals surface area contributed by atoms with Crippen LogP contribution in [0.1, 0.15) is 24.6 Å². The molecule has 7 heteroatoms. The van der Waals surface area contributed by atoms with Crippen molar-refractivity contribution in [2.45, 2.75) is 19.9 Å². The van der Waals surface area contributed by atoms with Crippen LogP contribution in [-0.2, 0) is 9.59 Å². The lowest BCUT2D eigenvalue weighted by Gasteiger charge is -2.11. The van der Waals surface area contributed by atoms with Crippen molar-refractivity contribution in [1.82, 2.24) is 10.3 Å². The molecule has 2 aromatic heterocycles. The summed E-state index contributed by atoms with van der Waals surface area (Å²) >= 11 is 0. The summed E-state index contributed by atoms with van der Waals surface area (Å²) in [5.41, 5.74) is 2.42. The third-order valence-electron chi connectivity index (χ3n) is 4.18. The van der Waals surface area contributed by atoms with Crippen molar-refractivity contribution in [1.29, 1.82) is 0 Å². The fourth-order valence-electron chi connectivity index (χ4n) is 2.85. The standard InChI is InChI=1S/C20H17N3O4/c1-11(17-9-13-5-3-4-6-16(13)27-17)21-19(24)20(25)23-14-7-8-15-18(10-14)26-12(2)22-15/h3-11H,1-2H3,(H,21,24)(H,23,25)/t11-/m1/s1. The van der Waals surface area contributed by atoms with Gasteiger partial charge in [0.2, 0.25) is 0 Å². The van der Waals surface area contributed by atoms with Gasteiger partial charge in [-0.05, 0) is 31.2 Å². The molecule has 0 saturated heterocycles. The van der Waals surface area contributed by atoms with Crippen molar-refractivity contribution < 1.29 is 18.4 Å². The van der Waals surface area contributed by atoms with Gasteiger partial charge in [-0.1, -0.05) is 18.2 Å². The zero-order valence-corrected chi connectivity index (χ0v) is 14.8. The molecule has 0 spiro atoms. The predicted molar refractivity (Wildman–Crippen MR) is 100 cm³/mol. The van der Waals surface area contributed by atoms with Gasteiger partial charge in [-0.15, -0.1) is 0 Å². The van der Waals surface area contributed by atoms with E-state index >= 15 is 0 Å². The summed E-state index contributed by atoms with van der Waals surface area (Å²) in [5, 5.41) is 6.13. The summed E-state index contributed by atoms with van der Waals surface area (Å²) in [6, 6.07) is 14.0. The van der Waals surface area contributed by atoms with Gasteiger partial charge in [0.15, 0.2) is 11.5 Å². The average molecular weight is 363 g/mol. The van der Waals surface area contributed by atoms with Crippen molar-refractivity contribution >= 4 is 39.6 Å². The lowest BCUT2D eigenvalue weighted by Crippen LogP contribution is -2.36. The second kappa shape index (κ2) is 6.60. The molecule has 0 aliphatic carbocycles. The van der Waals surface area contributed by atoms with Crippen molar-refractivity contribution in [3.63, 3.8) is 0 Å². The number of carbonyl (C=O) groups excluding carboxylic acids is 2. The molecule has 0 radical (unpaired) electrons. The van der Waals surface area contributed by atoms with Gasteiger partial charge in [0.1, 0.15) is 16.9 Å². The number of rotatable bonds is 3. The van der Waals surface area contributed by atoms with E-state index in [0.29, 0.717) is 28.4 Å². The van der Waals surface area contributed by atoms with E-state index in [9.17, 15) is 9.59 Å². The van der Waals surface area contributed by atoms with E-state index in [2.05, 4.69) is 15.6 Å². The number of amides is 2. The molecule has 2 amide bonds. The molecular formula is C20H17N3O4. The molecule has 0 aliphatic rings. The molecule has 2 aromatic carbocycles. The van der Waals surface area contributed by atoms with Crippen LogP contribution < -0.4 is 10.6 Å². The highest BCUT2D eigenvalue weighted by Gasteiger charge is 2.20. The van der Waals surface area contributed by atoms with E-state index < -0.39 is 17.9 Å². The molecule has 0 bridgehead atoms. The average Bonchev–Trinajstić information content (AvgIpc) is 3.23. The lowest BCUT2D eigenvalue weighted by molar-refractivity contribution is -0.136. The van der Waals surface area contributed by atoms with E-state index in [-0.39, 0.29) is 0 Å². The monoisotopic (exact) mass is 363 g/mol. The van der Waals surface area contributed by atoms with Crippen LogP contribution in [0.4, 0.5) is 5.69 Å². The summed E-state index contributed by atoms with van der Waals surface area (Å²) in [7, 11) is 0. The van der Waals surface area contributed by atoms with Crippen LogP contribution in [0, 0.1) is 6.92 Å². The first-order valence-corrected chi connectivity index (χ1v) is 8.47. The van der Waals surface area contributed by atoms with Crippen LogP contribution in [0.5, 0.6) is 0 Å². The third-order valence-corrected chi connectivity index (χ3v) is 4.18. The number of benzene rings is 2. The molecule has 136 valence electrons. The number of nitrogens with zero attached hydrogens (tertiary/aromatic N) is 1. The zero-order chi connectivity index (χ0) is 19.0. The smallest absolute Gasteiger partial charge is 0.313 e. The van der Waals surface area contributed by atoms with E-state index in [4.69, 9.17) is 8.83 Å². The fourth-order valence-corrected chi connectivity index (χ4v) is 2.85. The Hall–Kier alpha value is -3.61. The van der Waals surface area contributed by atoms with Crippen molar-refractivity contribution in [3.05, 3.63) is 60.2 Å². The Morgan fingerprint density at radius 2 is 1.81 bits per heavy atom. The van der Waals surface area contributed by atoms with Gasteiger partial charge < -0.3 is 19.5 Å². The highest BCUT2D eigenvalue weighted by molar-refractivity contribution is 6.39. The molecule has 4 aromatic rings. The largest absolute Gasteiger partial charge is 0.459 e. The highest BCUT2D eigenvalue weighted by Crippen LogP contribution is 2.23. The minimum atomic E-state index is -0.770. The minimum Gasteiger partial charge on any atom is -0.459 e. The quantitative estimate of drug-likeness (QED) is 0.541. The van der Waals surface area contributed by atoms with Crippen LogP contribution in [-0.4, -0.2) is 16.8 Å².